The molecular weight excluding hydrogens is 957 g/mol. The summed E-state index contributed by atoms with van der Waals surface area (Å²) in [6.45, 7) is 17.3. The number of cyclic esters (lactones) is 1. The molecule has 0 saturated carbocycles. The topological polar surface area (TPSA) is 303 Å². The molecule has 22 heteroatoms. The van der Waals surface area contributed by atoms with Gasteiger partial charge in [0.2, 0.25) is 47.3 Å². The number of nitrogens with one attached hydrogen (secondary N) is 5. The lowest BCUT2D eigenvalue weighted by Gasteiger charge is -2.44. The average Bonchev–Trinajstić information content (AvgIpc) is 3.67. The van der Waals surface area contributed by atoms with Crippen molar-refractivity contribution in [3.05, 3.63) is 47.3 Å². The van der Waals surface area contributed by atoms with Gasteiger partial charge in [-0.05, 0) is 81.0 Å². The molecule has 8 N–H and O–H groups in total. The van der Waals surface area contributed by atoms with Crippen molar-refractivity contribution in [1.82, 2.24) is 46.2 Å². The number of fused-ring (bicyclic) bond motifs is 2. The number of hydrogen-bond acceptors (Lipinski definition) is 13. The van der Waals surface area contributed by atoms with Gasteiger partial charge in [0, 0.05) is 38.5 Å². The number of aromatic nitrogens is 2. The van der Waals surface area contributed by atoms with Crippen molar-refractivity contribution >= 4 is 53.2 Å². The van der Waals surface area contributed by atoms with Gasteiger partial charge < -0.3 is 56.7 Å². The first kappa shape index (κ1) is 60.0. The summed E-state index contributed by atoms with van der Waals surface area (Å²) in [5.74, 6) is -8.66. The van der Waals surface area contributed by atoms with Crippen molar-refractivity contribution in [1.29, 1.82) is 0 Å². The zero-order valence-electron chi connectivity index (χ0n) is 45.1. The molecule has 0 spiro atoms. The van der Waals surface area contributed by atoms with E-state index in [-0.39, 0.29) is 51.0 Å². The number of aliphatic hydroxyl groups excluding tert-OH is 1. The van der Waals surface area contributed by atoms with E-state index in [9.17, 15) is 43.5 Å². The molecule has 74 heavy (non-hydrogen) atoms. The highest BCUT2D eigenvalue weighted by atomic mass is 16.5. The molecule has 0 aliphatic carbocycles. The van der Waals surface area contributed by atoms with Gasteiger partial charge in [0.25, 0.3) is 0 Å². The highest BCUT2D eigenvalue weighted by Crippen LogP contribution is 2.28. The molecule has 2 fully saturated rings. The highest BCUT2D eigenvalue weighted by Gasteiger charge is 2.47. The van der Waals surface area contributed by atoms with Crippen LogP contribution in [0.15, 0.2) is 30.3 Å². The van der Waals surface area contributed by atoms with Crippen LogP contribution >= 0.6 is 0 Å². The lowest BCUT2D eigenvalue weighted by atomic mass is 9.91. The van der Waals surface area contributed by atoms with E-state index >= 15 is 4.79 Å². The van der Waals surface area contributed by atoms with E-state index in [4.69, 9.17) is 15.2 Å². The number of piperidine rings is 1. The Balaban J connectivity index is 1.85. The maximum absolute atomic E-state index is 15.1. The number of nitrogens with two attached hydrogens (primary N) is 1. The van der Waals surface area contributed by atoms with E-state index in [0.717, 1.165) is 16.3 Å². The smallest absolute Gasteiger partial charge is 0.329 e. The van der Waals surface area contributed by atoms with Crippen molar-refractivity contribution in [2.24, 2.45) is 36.5 Å². The molecule has 3 heterocycles. The predicted octanol–water partition coefficient (Wildman–Crippen LogP) is 1.42. The normalized spacial score (nSPS) is 24.9. The second-order valence-corrected chi connectivity index (χ2v) is 20.6. The number of aryl methyl sites for hydroxylation is 2. The van der Waals surface area contributed by atoms with E-state index in [2.05, 4.69) is 31.7 Å². The average molecular weight is 1040 g/mol. The Morgan fingerprint density at radius 2 is 1.53 bits per heavy atom. The Bertz CT molecular complexity index is 2300. The quantitative estimate of drug-likeness (QED) is 0.104. The minimum Gasteiger partial charge on any atom is -0.487 e. The molecular formula is C52H80N10O12. The van der Waals surface area contributed by atoms with Crippen LogP contribution in [0.25, 0.3) is 0 Å². The number of benzene rings is 1. The molecule has 410 valence electrons. The van der Waals surface area contributed by atoms with Gasteiger partial charge in [0.05, 0.1) is 0 Å². The standard InChI is InChI=1S/C52H80N10O12/c1-13-29(7)42-52(72)74-32(10)43(58-46(66)36(19-21-40(53)63)54-45(65)28(5)6)49(69)56-38(23-27(3)4)47(67)55-37-20-22-41(64)62(50(37)70)44(30(8)14-2)51(71)60(11)39(48(68)57-42)25-33-15-17-35(18-16-33)73-26-34-24-31(9)61(12)59-34/h15-18,24,27-30,32,36-39,41-44,64H,13-14,19-23,25-26H2,1-12H3,(H2,53,63)(H,54,65)(H,55,67)(H,56,69)(H,57,68)(H,58,66)/t29?,30?,32-,36+,37?,38+,39+,41+,42+,43+,44+/m1/s1. The first-order chi connectivity index (χ1) is 34.8. The minimum absolute atomic E-state index is 0.0223. The van der Waals surface area contributed by atoms with Crippen molar-refractivity contribution in [2.45, 2.75) is 182 Å². The number of aliphatic hydroxyl groups is 1. The van der Waals surface area contributed by atoms with Crippen molar-refractivity contribution < 1.29 is 57.7 Å². The van der Waals surface area contributed by atoms with Gasteiger partial charge in [-0.3, -0.25) is 43.0 Å². The number of primary amides is 1. The lowest BCUT2D eigenvalue weighted by Crippen LogP contribution is -2.66. The monoisotopic (exact) mass is 1040 g/mol. The summed E-state index contributed by atoms with van der Waals surface area (Å²) in [4.78, 5) is 129. The summed E-state index contributed by atoms with van der Waals surface area (Å²) in [5.41, 5.74) is 7.68. The summed E-state index contributed by atoms with van der Waals surface area (Å²) < 4.78 is 13.7. The summed E-state index contributed by atoms with van der Waals surface area (Å²) in [7, 11) is 3.24. The van der Waals surface area contributed by atoms with Gasteiger partial charge in [-0.2, -0.15) is 5.10 Å². The molecule has 2 aliphatic rings. The van der Waals surface area contributed by atoms with E-state index in [1.807, 2.05) is 27.0 Å². The number of hydrogen-bond donors (Lipinski definition) is 7. The van der Waals surface area contributed by atoms with E-state index in [1.54, 1.807) is 77.4 Å². The van der Waals surface area contributed by atoms with Gasteiger partial charge in [0.15, 0.2) is 0 Å². The van der Waals surface area contributed by atoms with E-state index < -0.39 is 126 Å². The van der Waals surface area contributed by atoms with Crippen LogP contribution in [0.5, 0.6) is 5.75 Å². The third-order valence-electron chi connectivity index (χ3n) is 14.0. The molecule has 1 aromatic heterocycles. The third kappa shape index (κ3) is 16.0. The number of esters is 1. The minimum atomic E-state index is -1.74. The predicted molar refractivity (Wildman–Crippen MR) is 272 cm³/mol. The number of amides is 8. The molecule has 8 amide bonds. The molecule has 2 saturated heterocycles. The van der Waals surface area contributed by atoms with Gasteiger partial charge >= 0.3 is 5.97 Å². The molecule has 2 aromatic rings. The van der Waals surface area contributed by atoms with Gasteiger partial charge in [0.1, 0.15) is 72.7 Å². The Kier molecular flexibility index (Phi) is 22.0. The highest BCUT2D eigenvalue weighted by molar-refractivity contribution is 5.98. The van der Waals surface area contributed by atoms with Gasteiger partial charge in [-0.1, -0.05) is 80.4 Å². The number of rotatable bonds is 18. The van der Waals surface area contributed by atoms with Crippen LogP contribution in [0.1, 0.15) is 124 Å². The van der Waals surface area contributed by atoms with Crippen LogP contribution in [0.3, 0.4) is 0 Å². The third-order valence-corrected chi connectivity index (χ3v) is 14.0. The van der Waals surface area contributed by atoms with Crippen LogP contribution in [-0.4, -0.2) is 140 Å². The summed E-state index contributed by atoms with van der Waals surface area (Å²) in [5, 5.41) is 29.4. The second kappa shape index (κ2) is 27.1. The number of ether oxygens (including phenoxy) is 2. The Morgan fingerprint density at radius 1 is 0.878 bits per heavy atom. The van der Waals surface area contributed by atoms with Crippen LogP contribution in [0.4, 0.5) is 0 Å². The SMILES string of the molecule is CCC(C)[C@@H]1NC(=O)[C@H](Cc2ccc(OCc3cc(C)n(C)n3)cc2)N(C)C(=O)[C@H](C(C)CC)N2C(=O)C(CC[C@@H]2O)NC(=O)[C@H](CC(C)C)NC(=O)[C@@H](NC(=O)[C@H](CCC(N)=O)NC(=O)C(C)C)[C@@H](C)OC1=O. The Morgan fingerprint density at radius 3 is 2.09 bits per heavy atom. The summed E-state index contributed by atoms with van der Waals surface area (Å²) >= 11 is 0. The number of nitrogens with zero attached hydrogens (tertiary/aromatic N) is 4. The fourth-order valence-electron chi connectivity index (χ4n) is 8.82. The van der Waals surface area contributed by atoms with Gasteiger partial charge in [-0.25, -0.2) is 4.79 Å². The van der Waals surface area contributed by atoms with E-state index in [0.29, 0.717) is 24.2 Å². The Labute approximate surface area is 434 Å². The van der Waals surface area contributed by atoms with E-state index in [1.165, 1.54) is 18.9 Å². The molecule has 4 rings (SSSR count). The number of carbonyl (C=O) groups excluding carboxylic acids is 9. The van der Waals surface area contributed by atoms with Crippen LogP contribution in [0, 0.1) is 30.6 Å². The fourth-order valence-corrected chi connectivity index (χ4v) is 8.82. The van der Waals surface area contributed by atoms with Gasteiger partial charge in [-0.15, -0.1) is 0 Å². The van der Waals surface area contributed by atoms with Crippen molar-refractivity contribution in [3.8, 4) is 5.75 Å². The first-order valence-electron chi connectivity index (χ1n) is 25.8. The largest absolute Gasteiger partial charge is 0.487 e. The first-order valence-corrected chi connectivity index (χ1v) is 25.8. The number of carbonyl (C=O) groups is 9. The van der Waals surface area contributed by atoms with Crippen molar-refractivity contribution in [2.75, 3.05) is 7.05 Å². The fraction of sp³-hybridized carbons (Fsp3) is 0.654. The molecule has 11 atom stereocenters. The Hall–Kier alpha value is -6.58. The maximum Gasteiger partial charge on any atom is 0.329 e. The molecule has 2 bridgehead atoms. The van der Waals surface area contributed by atoms with Crippen LogP contribution in [-0.2, 0) is 68.0 Å². The second-order valence-electron chi connectivity index (χ2n) is 20.6. The molecule has 22 nitrogen and oxygen atoms in total. The molecule has 3 unspecified atom stereocenters. The van der Waals surface area contributed by atoms with Crippen LogP contribution in [0.2, 0.25) is 0 Å². The van der Waals surface area contributed by atoms with Crippen LogP contribution < -0.4 is 37.1 Å². The number of likely N-dealkylation sites (N-methyl/N-ethyl adjacent to an activating group) is 1. The zero-order chi connectivity index (χ0) is 55.3. The zero-order valence-corrected chi connectivity index (χ0v) is 45.1. The molecule has 2 aliphatic heterocycles. The summed E-state index contributed by atoms with van der Waals surface area (Å²) in [6, 6.07) is -0.959. The van der Waals surface area contributed by atoms with Crippen molar-refractivity contribution in [3.63, 3.8) is 0 Å². The molecule has 0 radical (unpaired) electrons. The summed E-state index contributed by atoms with van der Waals surface area (Å²) in [6.07, 6.45) is -2.93. The molecule has 1 aromatic carbocycles. The lowest BCUT2D eigenvalue weighted by molar-refractivity contribution is -0.168. The maximum atomic E-state index is 15.1.